The number of ether oxygens (including phenoxy) is 3. The fourth-order valence-electron chi connectivity index (χ4n) is 3.54. The molecule has 0 amide bonds. The summed E-state index contributed by atoms with van der Waals surface area (Å²) in [6.45, 7) is 14.3. The van der Waals surface area contributed by atoms with E-state index < -0.39 is 53.8 Å². The Hall–Kier alpha value is -0.813. The summed E-state index contributed by atoms with van der Waals surface area (Å²) in [5.74, 6) is -3.62. The molecule has 2 fully saturated rings. The van der Waals surface area contributed by atoms with E-state index in [9.17, 15) is 13.5 Å². The summed E-state index contributed by atoms with van der Waals surface area (Å²) in [7, 11) is -5.88. The van der Waals surface area contributed by atoms with E-state index in [1.54, 1.807) is 32.0 Å². The van der Waals surface area contributed by atoms with Gasteiger partial charge in [-0.1, -0.05) is 39.0 Å². The van der Waals surface area contributed by atoms with Crippen molar-refractivity contribution in [2.75, 3.05) is 12.4 Å². The van der Waals surface area contributed by atoms with Crippen molar-refractivity contribution < 1.29 is 32.2 Å². The second-order valence-electron chi connectivity index (χ2n) is 10.2. The number of sulfone groups is 1. The monoisotopic (exact) mass is 458 g/mol. The summed E-state index contributed by atoms with van der Waals surface area (Å²) in [6.07, 6.45) is -2.19. The van der Waals surface area contributed by atoms with Gasteiger partial charge in [0.1, 0.15) is 24.1 Å². The topological polar surface area (TPSA) is 91.3 Å². The van der Waals surface area contributed by atoms with Gasteiger partial charge in [0, 0.05) is 0 Å². The van der Waals surface area contributed by atoms with Crippen LogP contribution >= 0.6 is 0 Å². The first kappa shape index (κ1) is 23.8. The minimum Gasteiger partial charge on any atom is -0.414 e. The van der Waals surface area contributed by atoms with Crippen molar-refractivity contribution in [2.45, 2.75) is 87.5 Å². The molecule has 4 atom stereocenters. The van der Waals surface area contributed by atoms with Crippen molar-refractivity contribution in [3.8, 4) is 0 Å². The van der Waals surface area contributed by atoms with Crippen LogP contribution in [0.15, 0.2) is 35.2 Å². The van der Waals surface area contributed by atoms with Crippen molar-refractivity contribution in [3.63, 3.8) is 0 Å². The summed E-state index contributed by atoms with van der Waals surface area (Å²) in [5, 5.41) is 11.3. The molecular formula is C21H34O7SSi. The Labute approximate surface area is 180 Å². The molecule has 30 heavy (non-hydrogen) atoms. The predicted octanol–water partition coefficient (Wildman–Crippen LogP) is 3.09. The van der Waals surface area contributed by atoms with Gasteiger partial charge in [0.2, 0.25) is 5.79 Å². The Balaban J connectivity index is 1.84. The van der Waals surface area contributed by atoms with Crippen molar-refractivity contribution >= 4 is 18.2 Å². The minimum absolute atomic E-state index is 0.00423. The lowest BCUT2D eigenvalue weighted by Gasteiger charge is -2.37. The highest BCUT2D eigenvalue weighted by molar-refractivity contribution is 7.91. The van der Waals surface area contributed by atoms with E-state index >= 15 is 0 Å². The van der Waals surface area contributed by atoms with Gasteiger partial charge in [0.15, 0.2) is 23.9 Å². The van der Waals surface area contributed by atoms with E-state index in [2.05, 4.69) is 33.9 Å². The van der Waals surface area contributed by atoms with Gasteiger partial charge in [0.25, 0.3) is 0 Å². The Bertz CT molecular complexity index is 863. The van der Waals surface area contributed by atoms with Crippen molar-refractivity contribution in [3.05, 3.63) is 30.3 Å². The second-order valence-corrected chi connectivity index (χ2v) is 17.0. The third kappa shape index (κ3) is 4.67. The molecular weight excluding hydrogens is 424 g/mol. The average Bonchev–Trinajstić information content (AvgIpc) is 3.05. The van der Waals surface area contributed by atoms with E-state index in [0.29, 0.717) is 0 Å². The van der Waals surface area contributed by atoms with Crippen LogP contribution in [0.25, 0.3) is 0 Å². The zero-order chi connectivity index (χ0) is 22.6. The summed E-state index contributed by atoms with van der Waals surface area (Å²) < 4.78 is 49.9. The van der Waals surface area contributed by atoms with Gasteiger partial charge in [0.05, 0.1) is 11.5 Å². The summed E-state index contributed by atoms with van der Waals surface area (Å²) in [5.41, 5.74) is 0. The molecule has 0 bridgehead atoms. The lowest BCUT2D eigenvalue weighted by molar-refractivity contribution is -0.266. The van der Waals surface area contributed by atoms with Crippen LogP contribution in [-0.4, -0.2) is 64.1 Å². The van der Waals surface area contributed by atoms with E-state index in [4.69, 9.17) is 18.6 Å². The first-order chi connectivity index (χ1) is 13.6. The molecule has 1 aromatic carbocycles. The Morgan fingerprint density at radius 3 is 2.27 bits per heavy atom. The van der Waals surface area contributed by atoms with E-state index in [0.717, 1.165) is 0 Å². The molecule has 2 saturated heterocycles. The maximum absolute atomic E-state index is 12.9. The molecule has 2 heterocycles. The molecule has 0 radical (unpaired) electrons. The van der Waals surface area contributed by atoms with Gasteiger partial charge >= 0.3 is 0 Å². The molecule has 3 rings (SSSR count). The summed E-state index contributed by atoms with van der Waals surface area (Å²) in [4.78, 5) is 0.123. The number of benzene rings is 1. The number of hydrogen-bond acceptors (Lipinski definition) is 7. The van der Waals surface area contributed by atoms with Gasteiger partial charge < -0.3 is 23.7 Å². The zero-order valence-electron chi connectivity index (χ0n) is 18.8. The molecule has 0 spiro atoms. The highest BCUT2D eigenvalue weighted by atomic mass is 32.2. The molecule has 0 aromatic heterocycles. The number of aliphatic hydroxyl groups is 1. The van der Waals surface area contributed by atoms with Crippen LogP contribution in [-0.2, 0) is 28.5 Å². The maximum Gasteiger partial charge on any atom is 0.210 e. The molecule has 1 aromatic rings. The predicted molar refractivity (Wildman–Crippen MR) is 115 cm³/mol. The first-order valence-corrected chi connectivity index (χ1v) is 14.8. The lowest BCUT2D eigenvalue weighted by atomic mass is 10.1. The normalized spacial score (nSPS) is 31.7. The highest BCUT2D eigenvalue weighted by Gasteiger charge is 2.64. The van der Waals surface area contributed by atoms with Crippen molar-refractivity contribution in [1.29, 1.82) is 0 Å². The molecule has 7 nitrogen and oxygen atoms in total. The quantitative estimate of drug-likeness (QED) is 0.655. The number of hydrogen-bond donors (Lipinski definition) is 1. The summed E-state index contributed by atoms with van der Waals surface area (Å²) >= 11 is 0. The third-order valence-electron chi connectivity index (χ3n) is 6.21. The van der Waals surface area contributed by atoms with Crippen LogP contribution in [0.3, 0.4) is 0 Å². The number of fused-ring (bicyclic) bond motifs is 1. The van der Waals surface area contributed by atoms with Gasteiger partial charge in [-0.3, -0.25) is 0 Å². The third-order valence-corrected chi connectivity index (χ3v) is 12.5. The molecule has 9 heteroatoms. The lowest BCUT2D eigenvalue weighted by Crippen LogP contribution is -2.48. The molecule has 0 unspecified atom stereocenters. The van der Waals surface area contributed by atoms with Gasteiger partial charge in [-0.05, 0) is 44.1 Å². The van der Waals surface area contributed by atoms with Crippen LogP contribution < -0.4 is 0 Å². The smallest absolute Gasteiger partial charge is 0.210 e. The SMILES string of the molecule is CC1(C)O[C@H]2[C@@H](O1)[C@](O)(CS(=O)(=O)c1ccccc1)O[C@@H]2CO[Si](C)(C)C(C)(C)C. The molecule has 0 saturated carbocycles. The highest BCUT2D eigenvalue weighted by Crippen LogP contribution is 2.45. The maximum atomic E-state index is 12.9. The van der Waals surface area contributed by atoms with E-state index in [1.165, 1.54) is 12.1 Å². The van der Waals surface area contributed by atoms with Crippen molar-refractivity contribution in [1.82, 2.24) is 0 Å². The number of rotatable bonds is 6. The molecule has 170 valence electrons. The standard InChI is InChI=1S/C21H34O7SSi/c1-19(2,3)30(6,7)25-13-16-17-18(28-20(4,5)27-17)21(22,26-16)14-29(23,24)15-11-9-8-10-12-15/h8-12,16-18,22H,13-14H2,1-7H3/t16-,17-,18-,21+/m1/s1. The fourth-order valence-corrected chi connectivity index (χ4v) is 6.07. The Kier molecular flexibility index (Phi) is 6.08. The molecule has 1 N–H and O–H groups in total. The van der Waals surface area contributed by atoms with Crippen molar-refractivity contribution in [2.24, 2.45) is 0 Å². The van der Waals surface area contributed by atoms with Gasteiger partial charge in [-0.25, -0.2) is 8.42 Å². The van der Waals surface area contributed by atoms with Crippen LogP contribution in [0, 0.1) is 0 Å². The van der Waals surface area contributed by atoms with Crippen LogP contribution in [0.2, 0.25) is 18.1 Å². The minimum atomic E-state index is -3.81. The average molecular weight is 459 g/mol. The van der Waals surface area contributed by atoms with Gasteiger partial charge in [-0.15, -0.1) is 0 Å². The molecule has 2 aliphatic heterocycles. The fraction of sp³-hybridized carbons (Fsp3) is 0.714. The first-order valence-electron chi connectivity index (χ1n) is 10.2. The molecule has 0 aliphatic carbocycles. The van der Waals surface area contributed by atoms with E-state index in [-0.39, 0.29) is 16.5 Å². The van der Waals surface area contributed by atoms with Gasteiger partial charge in [-0.2, -0.15) is 0 Å². The zero-order valence-corrected chi connectivity index (χ0v) is 20.7. The molecule has 2 aliphatic rings. The largest absolute Gasteiger partial charge is 0.414 e. The van der Waals surface area contributed by atoms with E-state index in [1.807, 2.05) is 0 Å². The van der Waals surface area contributed by atoms with Crippen LogP contribution in [0.5, 0.6) is 0 Å². The Morgan fingerprint density at radius 1 is 1.10 bits per heavy atom. The van der Waals surface area contributed by atoms with Crippen LogP contribution in [0.1, 0.15) is 34.6 Å². The second kappa shape index (κ2) is 7.65. The van der Waals surface area contributed by atoms with Crippen LogP contribution in [0.4, 0.5) is 0 Å². The summed E-state index contributed by atoms with van der Waals surface area (Å²) in [6, 6.07) is 8.02. The Morgan fingerprint density at radius 2 is 1.70 bits per heavy atom.